The van der Waals surface area contributed by atoms with Crippen LogP contribution in [0, 0.1) is 6.92 Å². The molecule has 2 fully saturated rings. The van der Waals surface area contributed by atoms with Crippen LogP contribution in [0.2, 0.25) is 0 Å². The zero-order valence-electron chi connectivity index (χ0n) is 14.6. The average Bonchev–Trinajstić information content (AvgIpc) is 3.14. The molecule has 2 aliphatic rings. The zero-order chi connectivity index (χ0) is 18.3. The van der Waals surface area contributed by atoms with E-state index in [1.54, 1.807) is 19.1 Å². The van der Waals surface area contributed by atoms with E-state index in [4.69, 9.17) is 4.52 Å². The molecule has 0 radical (unpaired) electrons. The van der Waals surface area contributed by atoms with Crippen molar-refractivity contribution >= 4 is 11.9 Å². The van der Waals surface area contributed by atoms with Crippen molar-refractivity contribution in [2.75, 3.05) is 0 Å². The average molecular weight is 355 g/mol. The Morgan fingerprint density at radius 1 is 1.19 bits per heavy atom. The largest absolute Gasteiger partial charge is 0.478 e. The number of rotatable bonds is 5. The minimum absolute atomic E-state index is 0.103. The second-order valence-corrected chi connectivity index (χ2v) is 7.37. The molecule has 2 aromatic rings. The highest BCUT2D eigenvalue weighted by Crippen LogP contribution is 2.42. The second kappa shape index (κ2) is 6.23. The summed E-state index contributed by atoms with van der Waals surface area (Å²) in [5.41, 5.74) is 0.526. The van der Waals surface area contributed by atoms with Crippen molar-refractivity contribution in [3.8, 4) is 0 Å². The van der Waals surface area contributed by atoms with Crippen molar-refractivity contribution in [1.82, 2.24) is 15.5 Å². The fourth-order valence-corrected chi connectivity index (χ4v) is 3.64. The van der Waals surface area contributed by atoms with Crippen LogP contribution in [0.1, 0.15) is 82.4 Å². The Hall–Kier alpha value is -2.70. The number of aromatic nitrogens is 2. The van der Waals surface area contributed by atoms with Crippen LogP contribution in [0.5, 0.6) is 0 Å². The summed E-state index contributed by atoms with van der Waals surface area (Å²) in [6, 6.07) is 4.64. The van der Waals surface area contributed by atoms with Crippen LogP contribution in [0.3, 0.4) is 0 Å². The lowest BCUT2D eigenvalue weighted by molar-refractivity contribution is 0.0696. The fraction of sp³-hybridized carbons (Fsp3) is 0.474. The predicted octanol–water partition coefficient (Wildman–Crippen LogP) is 3.15. The van der Waals surface area contributed by atoms with Crippen molar-refractivity contribution in [2.45, 2.75) is 56.9 Å². The van der Waals surface area contributed by atoms with Crippen molar-refractivity contribution in [1.29, 1.82) is 0 Å². The van der Waals surface area contributed by atoms with Gasteiger partial charge in [0.1, 0.15) is 5.54 Å². The van der Waals surface area contributed by atoms with E-state index in [-0.39, 0.29) is 11.5 Å². The van der Waals surface area contributed by atoms with Crippen LogP contribution in [0.25, 0.3) is 0 Å². The van der Waals surface area contributed by atoms with Gasteiger partial charge in [0.25, 0.3) is 5.91 Å². The van der Waals surface area contributed by atoms with Gasteiger partial charge >= 0.3 is 5.97 Å². The Labute approximate surface area is 150 Å². The topological polar surface area (TPSA) is 105 Å². The maximum Gasteiger partial charge on any atom is 0.335 e. The molecule has 7 nitrogen and oxygen atoms in total. The van der Waals surface area contributed by atoms with E-state index in [1.165, 1.54) is 6.07 Å². The maximum absolute atomic E-state index is 12.9. The summed E-state index contributed by atoms with van der Waals surface area (Å²) in [7, 11) is 0. The maximum atomic E-state index is 12.9. The molecule has 2 aliphatic carbocycles. The molecule has 7 heteroatoms. The molecule has 0 unspecified atom stereocenters. The number of aromatic carboxylic acids is 1. The van der Waals surface area contributed by atoms with Crippen molar-refractivity contribution < 1.29 is 19.2 Å². The lowest BCUT2D eigenvalue weighted by Gasteiger charge is -2.27. The zero-order valence-corrected chi connectivity index (χ0v) is 14.6. The first kappa shape index (κ1) is 16.8. The summed E-state index contributed by atoms with van der Waals surface area (Å²) in [5.74, 6) is 0.197. The molecule has 1 aromatic carbocycles. The number of carboxylic acids is 1. The third-order valence-corrected chi connectivity index (χ3v) is 5.19. The predicted molar refractivity (Wildman–Crippen MR) is 92.0 cm³/mol. The number of hydrogen-bond donors (Lipinski definition) is 2. The number of carboxylic acid groups (broad SMARTS) is 1. The monoisotopic (exact) mass is 355 g/mol. The van der Waals surface area contributed by atoms with Crippen LogP contribution < -0.4 is 5.32 Å². The summed E-state index contributed by atoms with van der Waals surface area (Å²) in [4.78, 5) is 28.7. The van der Waals surface area contributed by atoms with Crippen molar-refractivity contribution in [3.05, 3.63) is 46.6 Å². The molecule has 4 rings (SSSR count). The van der Waals surface area contributed by atoms with Crippen molar-refractivity contribution in [2.24, 2.45) is 0 Å². The van der Waals surface area contributed by atoms with Gasteiger partial charge in [0.15, 0.2) is 5.82 Å². The van der Waals surface area contributed by atoms with Crippen LogP contribution >= 0.6 is 0 Å². The minimum Gasteiger partial charge on any atom is -0.478 e. The van der Waals surface area contributed by atoms with Gasteiger partial charge in [-0.3, -0.25) is 4.79 Å². The molecule has 26 heavy (non-hydrogen) atoms. The lowest BCUT2D eigenvalue weighted by atomic mass is 9.95. The van der Waals surface area contributed by atoms with E-state index >= 15 is 0 Å². The smallest absolute Gasteiger partial charge is 0.335 e. The van der Waals surface area contributed by atoms with Gasteiger partial charge in [-0.15, -0.1) is 0 Å². The molecule has 0 atom stereocenters. The van der Waals surface area contributed by atoms with Gasteiger partial charge < -0.3 is 14.9 Å². The SMILES string of the molecule is Cc1cc(C(=O)O)cc(C(=O)NC2(c3noc(C4CC4)n3)CCCC2)c1. The van der Waals surface area contributed by atoms with Gasteiger partial charge in [0.2, 0.25) is 5.89 Å². The van der Waals surface area contributed by atoms with Gasteiger partial charge in [-0.25, -0.2) is 4.79 Å². The fourth-order valence-electron chi connectivity index (χ4n) is 3.64. The van der Waals surface area contributed by atoms with E-state index in [0.29, 0.717) is 23.2 Å². The Bertz CT molecular complexity index is 863. The molecular weight excluding hydrogens is 334 g/mol. The molecule has 0 spiro atoms. The summed E-state index contributed by atoms with van der Waals surface area (Å²) in [6.07, 6.45) is 5.59. The Balaban J connectivity index is 1.62. The molecule has 0 aliphatic heterocycles. The van der Waals surface area contributed by atoms with E-state index in [2.05, 4.69) is 15.5 Å². The van der Waals surface area contributed by atoms with E-state index in [9.17, 15) is 14.7 Å². The third kappa shape index (κ3) is 3.09. The molecule has 2 N–H and O–H groups in total. The van der Waals surface area contributed by atoms with Crippen LogP contribution in [-0.2, 0) is 5.54 Å². The Morgan fingerprint density at radius 3 is 2.54 bits per heavy atom. The molecule has 0 saturated heterocycles. The van der Waals surface area contributed by atoms with E-state index < -0.39 is 11.5 Å². The second-order valence-electron chi connectivity index (χ2n) is 7.37. The van der Waals surface area contributed by atoms with Crippen LogP contribution in [-0.4, -0.2) is 27.1 Å². The van der Waals surface area contributed by atoms with Gasteiger partial charge in [-0.1, -0.05) is 18.0 Å². The van der Waals surface area contributed by atoms with Crippen LogP contribution in [0.4, 0.5) is 0 Å². The highest BCUT2D eigenvalue weighted by molar-refractivity contribution is 5.98. The number of aryl methyl sites for hydroxylation is 1. The summed E-state index contributed by atoms with van der Waals surface area (Å²) >= 11 is 0. The van der Waals surface area contributed by atoms with Crippen molar-refractivity contribution in [3.63, 3.8) is 0 Å². The Morgan fingerprint density at radius 2 is 1.88 bits per heavy atom. The number of nitrogens with one attached hydrogen (secondary N) is 1. The molecular formula is C19H21N3O4. The highest BCUT2D eigenvalue weighted by atomic mass is 16.5. The molecule has 1 aromatic heterocycles. The molecule has 2 saturated carbocycles. The number of nitrogens with zero attached hydrogens (tertiary/aromatic N) is 2. The first-order valence-electron chi connectivity index (χ1n) is 8.98. The third-order valence-electron chi connectivity index (χ3n) is 5.19. The number of carbonyl (C=O) groups excluding carboxylic acids is 1. The molecule has 0 bridgehead atoms. The quantitative estimate of drug-likeness (QED) is 0.853. The van der Waals surface area contributed by atoms with Crippen LogP contribution in [0.15, 0.2) is 22.7 Å². The first-order valence-corrected chi connectivity index (χ1v) is 8.98. The first-order chi connectivity index (χ1) is 12.5. The molecule has 1 heterocycles. The summed E-state index contributed by atoms with van der Waals surface area (Å²) < 4.78 is 5.39. The standard InChI is InChI=1S/C19H21N3O4/c1-11-8-13(10-14(9-11)17(24)25)15(23)21-19(6-2-3-7-19)18-20-16(26-22-18)12-4-5-12/h8-10,12H,2-7H2,1H3,(H,21,23)(H,24,25). The number of amides is 1. The lowest BCUT2D eigenvalue weighted by Crippen LogP contribution is -2.44. The Kier molecular flexibility index (Phi) is 4.01. The summed E-state index contributed by atoms with van der Waals surface area (Å²) in [5, 5.41) is 16.4. The minimum atomic E-state index is -1.05. The number of hydrogen-bond acceptors (Lipinski definition) is 5. The van der Waals surface area contributed by atoms with Gasteiger partial charge in [0, 0.05) is 11.5 Å². The highest BCUT2D eigenvalue weighted by Gasteiger charge is 2.42. The van der Waals surface area contributed by atoms with Gasteiger partial charge in [-0.2, -0.15) is 4.98 Å². The molecule has 136 valence electrons. The van der Waals surface area contributed by atoms with E-state index in [1.807, 2.05) is 0 Å². The number of carbonyl (C=O) groups is 2. The van der Waals surface area contributed by atoms with E-state index in [0.717, 1.165) is 44.1 Å². The summed E-state index contributed by atoms with van der Waals surface area (Å²) in [6.45, 7) is 1.77. The van der Waals surface area contributed by atoms with Gasteiger partial charge in [-0.05, 0) is 56.4 Å². The normalized spacial score (nSPS) is 18.7. The number of benzene rings is 1. The molecule has 1 amide bonds. The van der Waals surface area contributed by atoms with Gasteiger partial charge in [0.05, 0.1) is 5.56 Å².